The van der Waals surface area contributed by atoms with Gasteiger partial charge in [0.25, 0.3) is 0 Å². The zero-order chi connectivity index (χ0) is 14.5. The molecule has 1 aromatic heterocycles. The second kappa shape index (κ2) is 6.72. The van der Waals surface area contributed by atoms with Gasteiger partial charge in [0, 0.05) is 22.0 Å². The highest BCUT2D eigenvalue weighted by atomic mass is 35.5. The van der Waals surface area contributed by atoms with Crippen molar-refractivity contribution in [3.05, 3.63) is 50.9 Å². The average molecular weight is 314 g/mol. The van der Waals surface area contributed by atoms with Gasteiger partial charge in [-0.3, -0.25) is 4.79 Å². The molecule has 0 aliphatic heterocycles. The van der Waals surface area contributed by atoms with E-state index in [0.29, 0.717) is 6.54 Å². The normalized spacial score (nSPS) is 10.3. The molecule has 0 saturated carbocycles. The van der Waals surface area contributed by atoms with Crippen LogP contribution in [0.3, 0.4) is 0 Å². The van der Waals surface area contributed by atoms with Gasteiger partial charge >= 0.3 is 5.97 Å². The first-order chi connectivity index (χ1) is 9.58. The van der Waals surface area contributed by atoms with Gasteiger partial charge in [0.2, 0.25) is 0 Å². The van der Waals surface area contributed by atoms with Crippen LogP contribution < -0.4 is 5.32 Å². The van der Waals surface area contributed by atoms with Gasteiger partial charge < -0.3 is 10.1 Å². The summed E-state index contributed by atoms with van der Waals surface area (Å²) in [7, 11) is 1.37. The van der Waals surface area contributed by atoms with Gasteiger partial charge in [-0.25, -0.2) is 4.39 Å². The number of nitrogens with one attached hydrogen (secondary N) is 1. The van der Waals surface area contributed by atoms with E-state index >= 15 is 0 Å². The maximum atomic E-state index is 13.0. The molecule has 0 fully saturated rings. The van der Waals surface area contributed by atoms with Crippen LogP contribution in [-0.4, -0.2) is 13.1 Å². The lowest BCUT2D eigenvalue weighted by Crippen LogP contribution is -2.02. The molecule has 0 aliphatic carbocycles. The molecular weight excluding hydrogens is 301 g/mol. The minimum absolute atomic E-state index is 0.0903. The Balaban J connectivity index is 1.93. The molecule has 2 aromatic rings. The molecule has 0 atom stereocenters. The third-order valence-corrected chi connectivity index (χ3v) is 4.02. The molecule has 0 saturated heterocycles. The number of anilines is 1. The van der Waals surface area contributed by atoms with Crippen molar-refractivity contribution in [3.63, 3.8) is 0 Å². The molecule has 106 valence electrons. The Labute approximate surface area is 125 Å². The molecule has 0 unspecified atom stereocenters. The Morgan fingerprint density at radius 3 is 2.80 bits per heavy atom. The highest BCUT2D eigenvalue weighted by Crippen LogP contribution is 2.22. The van der Waals surface area contributed by atoms with E-state index in [-0.39, 0.29) is 17.4 Å². The predicted octanol–water partition coefficient (Wildman–Crippen LogP) is 3.87. The number of ether oxygens (including phenoxy) is 1. The number of carbonyl (C=O) groups is 1. The Bertz CT molecular complexity index is 615. The zero-order valence-corrected chi connectivity index (χ0v) is 12.4. The number of benzene rings is 1. The number of thiophene rings is 1. The summed E-state index contributed by atoms with van der Waals surface area (Å²) in [5, 5.41) is 3.24. The van der Waals surface area contributed by atoms with E-state index in [2.05, 4.69) is 10.1 Å². The summed E-state index contributed by atoms with van der Waals surface area (Å²) in [4.78, 5) is 13.2. The van der Waals surface area contributed by atoms with E-state index in [1.165, 1.54) is 24.5 Å². The van der Waals surface area contributed by atoms with Crippen LogP contribution in [0, 0.1) is 5.82 Å². The monoisotopic (exact) mass is 313 g/mol. The second-order valence-corrected chi connectivity index (χ2v) is 5.76. The first kappa shape index (κ1) is 14.8. The lowest BCUT2D eigenvalue weighted by Gasteiger charge is -2.05. The van der Waals surface area contributed by atoms with Crippen molar-refractivity contribution in [1.82, 2.24) is 0 Å². The van der Waals surface area contributed by atoms with Crippen LogP contribution in [0.1, 0.15) is 9.75 Å². The quantitative estimate of drug-likeness (QED) is 0.852. The van der Waals surface area contributed by atoms with Gasteiger partial charge in [-0.1, -0.05) is 11.6 Å². The number of hydrogen-bond acceptors (Lipinski definition) is 4. The van der Waals surface area contributed by atoms with Crippen molar-refractivity contribution in [1.29, 1.82) is 0 Å². The fourth-order valence-electron chi connectivity index (χ4n) is 1.62. The van der Waals surface area contributed by atoms with Crippen molar-refractivity contribution in [3.8, 4) is 0 Å². The number of carbonyl (C=O) groups excluding carboxylic acids is 1. The number of halogens is 2. The van der Waals surface area contributed by atoms with Crippen LogP contribution in [0.5, 0.6) is 0 Å². The largest absolute Gasteiger partial charge is 0.469 e. The topological polar surface area (TPSA) is 38.3 Å². The number of hydrogen-bond donors (Lipinski definition) is 1. The maximum Gasteiger partial charge on any atom is 0.310 e. The molecule has 0 aliphatic rings. The summed E-state index contributed by atoms with van der Waals surface area (Å²) in [5.41, 5.74) is 0.749. The maximum absolute atomic E-state index is 13.0. The zero-order valence-electron chi connectivity index (χ0n) is 10.8. The third-order valence-electron chi connectivity index (χ3n) is 2.65. The first-order valence-electron chi connectivity index (χ1n) is 5.92. The van der Waals surface area contributed by atoms with Crippen LogP contribution in [0.25, 0.3) is 0 Å². The summed E-state index contributed by atoms with van der Waals surface area (Å²) in [6, 6.07) is 8.34. The molecule has 0 amide bonds. The number of methoxy groups -OCH3 is 1. The molecule has 0 spiro atoms. The fourth-order valence-corrected chi connectivity index (χ4v) is 2.75. The molecule has 0 bridgehead atoms. The average Bonchev–Trinajstić information content (AvgIpc) is 2.87. The molecule has 0 radical (unpaired) electrons. The van der Waals surface area contributed by atoms with Gasteiger partial charge in [-0.2, -0.15) is 0 Å². The van der Waals surface area contributed by atoms with Crippen molar-refractivity contribution in [2.24, 2.45) is 0 Å². The van der Waals surface area contributed by atoms with E-state index < -0.39 is 5.82 Å². The molecule has 1 heterocycles. The molecular formula is C14H13ClFNO2S. The van der Waals surface area contributed by atoms with Gasteiger partial charge in [-0.05, 0) is 30.3 Å². The molecule has 20 heavy (non-hydrogen) atoms. The minimum Gasteiger partial charge on any atom is -0.469 e. The van der Waals surface area contributed by atoms with Crippen LogP contribution in [0.4, 0.5) is 10.1 Å². The van der Waals surface area contributed by atoms with E-state index in [9.17, 15) is 9.18 Å². The molecule has 6 heteroatoms. The Morgan fingerprint density at radius 2 is 2.10 bits per heavy atom. The molecule has 1 N–H and O–H groups in total. The summed E-state index contributed by atoms with van der Waals surface area (Å²) in [5.74, 6) is -0.689. The van der Waals surface area contributed by atoms with Crippen LogP contribution >= 0.6 is 22.9 Å². The van der Waals surface area contributed by atoms with Crippen molar-refractivity contribution >= 4 is 34.6 Å². The Kier molecular flexibility index (Phi) is 4.98. The lowest BCUT2D eigenvalue weighted by atomic mass is 10.3. The predicted molar refractivity (Wildman–Crippen MR) is 78.8 cm³/mol. The third kappa shape index (κ3) is 3.95. The Morgan fingerprint density at radius 1 is 1.35 bits per heavy atom. The van der Waals surface area contributed by atoms with Gasteiger partial charge in [0.1, 0.15) is 5.82 Å². The summed E-state index contributed by atoms with van der Waals surface area (Å²) in [6.45, 7) is 0.591. The second-order valence-electron chi connectivity index (χ2n) is 4.10. The molecule has 2 rings (SSSR count). The summed E-state index contributed by atoms with van der Waals surface area (Å²) < 4.78 is 17.6. The van der Waals surface area contributed by atoms with Crippen molar-refractivity contribution < 1.29 is 13.9 Å². The van der Waals surface area contributed by atoms with E-state index in [1.807, 2.05) is 12.1 Å². The van der Waals surface area contributed by atoms with Crippen LogP contribution in [0.2, 0.25) is 5.02 Å². The van der Waals surface area contributed by atoms with Crippen molar-refractivity contribution in [2.45, 2.75) is 13.0 Å². The van der Waals surface area contributed by atoms with E-state index in [4.69, 9.17) is 11.6 Å². The minimum atomic E-state index is -0.436. The SMILES string of the molecule is COC(=O)Cc1ccc(CNc2ccc(F)c(Cl)c2)s1. The lowest BCUT2D eigenvalue weighted by molar-refractivity contribution is -0.139. The summed E-state index contributed by atoms with van der Waals surface area (Å²) >= 11 is 7.24. The first-order valence-corrected chi connectivity index (χ1v) is 7.11. The van der Waals surface area contributed by atoms with Gasteiger partial charge in [0.05, 0.1) is 18.6 Å². The summed E-state index contributed by atoms with van der Waals surface area (Å²) in [6.07, 6.45) is 0.281. The Hall–Kier alpha value is -1.59. The highest BCUT2D eigenvalue weighted by molar-refractivity contribution is 7.12. The number of rotatable bonds is 5. The van der Waals surface area contributed by atoms with E-state index in [0.717, 1.165) is 15.4 Å². The van der Waals surface area contributed by atoms with Crippen LogP contribution in [0.15, 0.2) is 30.3 Å². The van der Waals surface area contributed by atoms with Crippen molar-refractivity contribution in [2.75, 3.05) is 12.4 Å². The van der Waals surface area contributed by atoms with E-state index in [1.54, 1.807) is 12.1 Å². The molecule has 1 aromatic carbocycles. The smallest absolute Gasteiger partial charge is 0.310 e. The molecule has 3 nitrogen and oxygen atoms in total. The fraction of sp³-hybridized carbons (Fsp3) is 0.214. The number of esters is 1. The highest BCUT2D eigenvalue weighted by Gasteiger charge is 2.06. The van der Waals surface area contributed by atoms with Gasteiger partial charge in [0.15, 0.2) is 0 Å². The standard InChI is InChI=1S/C14H13ClFNO2S/c1-19-14(18)7-10-3-4-11(20-10)8-17-9-2-5-13(16)12(15)6-9/h2-6,17H,7-8H2,1H3. The van der Waals surface area contributed by atoms with Gasteiger partial charge in [-0.15, -0.1) is 11.3 Å². The van der Waals surface area contributed by atoms with Crippen LogP contribution in [-0.2, 0) is 22.5 Å².